The molecule has 0 heterocycles. The lowest BCUT2D eigenvalue weighted by Gasteiger charge is -2.19. The monoisotopic (exact) mass is 1010 g/mol. The molecule has 0 fully saturated rings. The molecule has 0 radical (unpaired) electrons. The SMILES string of the molecule is CC/C=C\C/C=C\C/C=C\C/C=C\C/C=C\C/C=C\C/C=C\CCCCCCCCCCCCCCCC(=O)OC(COC(=O)CCCCCCCCCCCCCCCCC)COP(=O)(O)OCCN. The van der Waals surface area contributed by atoms with Gasteiger partial charge in [0.15, 0.2) is 6.10 Å². The van der Waals surface area contributed by atoms with Crippen LogP contribution in [0.1, 0.15) is 258 Å². The second-order valence-electron chi connectivity index (χ2n) is 19.1. The van der Waals surface area contributed by atoms with Crippen molar-refractivity contribution in [3.8, 4) is 0 Å². The third-order valence-electron chi connectivity index (χ3n) is 12.3. The van der Waals surface area contributed by atoms with Crippen LogP contribution in [0.5, 0.6) is 0 Å². The summed E-state index contributed by atoms with van der Waals surface area (Å²) in [7, 11) is -4.39. The number of phosphoric ester groups is 1. The topological polar surface area (TPSA) is 134 Å². The Hall–Kier alpha value is -2.81. The van der Waals surface area contributed by atoms with Crippen LogP contribution in [0.2, 0.25) is 0 Å². The maximum absolute atomic E-state index is 12.7. The van der Waals surface area contributed by atoms with Gasteiger partial charge in [0.05, 0.1) is 13.2 Å². The average molecular weight is 1010 g/mol. The number of nitrogens with two attached hydrogens (primary N) is 1. The van der Waals surface area contributed by atoms with Gasteiger partial charge in [0.2, 0.25) is 0 Å². The van der Waals surface area contributed by atoms with Gasteiger partial charge in [-0.1, -0.05) is 259 Å². The van der Waals surface area contributed by atoms with E-state index in [0.717, 1.165) is 83.5 Å². The molecule has 10 heteroatoms. The van der Waals surface area contributed by atoms with Crippen molar-refractivity contribution in [2.75, 3.05) is 26.4 Å². The summed E-state index contributed by atoms with van der Waals surface area (Å²) in [5.74, 6) is -0.823. The number of unbranched alkanes of at least 4 members (excludes halogenated alkanes) is 27. The normalized spacial score (nSPS) is 13.7. The summed E-state index contributed by atoms with van der Waals surface area (Å²) >= 11 is 0. The van der Waals surface area contributed by atoms with Crippen molar-refractivity contribution in [2.45, 2.75) is 264 Å². The van der Waals surface area contributed by atoms with Crippen molar-refractivity contribution in [3.63, 3.8) is 0 Å². The second kappa shape index (κ2) is 56.5. The number of esters is 2. The molecular weight excluding hydrogens is 906 g/mol. The van der Waals surface area contributed by atoms with Gasteiger partial charge in [0, 0.05) is 19.4 Å². The summed E-state index contributed by atoms with van der Waals surface area (Å²) in [5, 5.41) is 0. The zero-order chi connectivity index (χ0) is 51.7. The third kappa shape index (κ3) is 56.3. The highest BCUT2D eigenvalue weighted by atomic mass is 31.2. The van der Waals surface area contributed by atoms with Gasteiger partial charge in [-0.2, -0.15) is 0 Å². The summed E-state index contributed by atoms with van der Waals surface area (Å²) in [6.07, 6.45) is 73.5. The molecule has 9 nitrogen and oxygen atoms in total. The minimum absolute atomic E-state index is 0.0521. The van der Waals surface area contributed by atoms with Crippen molar-refractivity contribution in [1.82, 2.24) is 0 Å². The number of carbonyl (C=O) groups is 2. The van der Waals surface area contributed by atoms with Crippen LogP contribution < -0.4 is 5.73 Å². The van der Waals surface area contributed by atoms with Crippen molar-refractivity contribution < 1.29 is 37.6 Å². The predicted molar refractivity (Wildman–Crippen MR) is 302 cm³/mol. The molecule has 71 heavy (non-hydrogen) atoms. The first-order valence-electron chi connectivity index (χ1n) is 29.1. The van der Waals surface area contributed by atoms with E-state index in [1.165, 1.54) is 141 Å². The molecule has 3 N–H and O–H groups in total. The van der Waals surface area contributed by atoms with Gasteiger partial charge in [-0.15, -0.1) is 0 Å². The molecule has 0 aromatic heterocycles. The van der Waals surface area contributed by atoms with E-state index in [1.807, 2.05) is 0 Å². The fraction of sp³-hybridized carbons (Fsp3) is 0.738. The molecule has 2 unspecified atom stereocenters. The predicted octanol–water partition coefficient (Wildman–Crippen LogP) is 18.3. The zero-order valence-corrected chi connectivity index (χ0v) is 46.6. The van der Waals surface area contributed by atoms with Crippen LogP contribution in [0.15, 0.2) is 85.1 Å². The van der Waals surface area contributed by atoms with Crippen molar-refractivity contribution >= 4 is 19.8 Å². The largest absolute Gasteiger partial charge is 0.472 e. The fourth-order valence-corrected chi connectivity index (χ4v) is 8.79. The summed E-state index contributed by atoms with van der Waals surface area (Å²) in [5.41, 5.74) is 5.38. The molecule has 0 aliphatic heterocycles. The van der Waals surface area contributed by atoms with E-state index in [9.17, 15) is 19.0 Å². The second-order valence-corrected chi connectivity index (χ2v) is 20.6. The summed E-state index contributed by atoms with van der Waals surface area (Å²) in [6, 6.07) is 0. The Bertz CT molecular complexity index is 1440. The molecule has 0 aromatic rings. The van der Waals surface area contributed by atoms with E-state index in [1.54, 1.807) is 0 Å². The fourth-order valence-electron chi connectivity index (χ4n) is 8.03. The zero-order valence-electron chi connectivity index (χ0n) is 45.7. The molecule has 0 amide bonds. The molecule has 0 saturated carbocycles. The van der Waals surface area contributed by atoms with Crippen LogP contribution in [-0.4, -0.2) is 49.3 Å². The molecule has 0 saturated heterocycles. The van der Waals surface area contributed by atoms with Gasteiger partial charge >= 0.3 is 19.8 Å². The van der Waals surface area contributed by atoms with E-state index in [0.29, 0.717) is 6.42 Å². The molecule has 0 aliphatic carbocycles. The van der Waals surface area contributed by atoms with Gasteiger partial charge in [-0.3, -0.25) is 18.6 Å². The first-order valence-corrected chi connectivity index (χ1v) is 30.6. The van der Waals surface area contributed by atoms with Crippen LogP contribution in [0.4, 0.5) is 0 Å². The Balaban J connectivity index is 3.92. The first kappa shape index (κ1) is 68.2. The van der Waals surface area contributed by atoms with Crippen LogP contribution in [0, 0.1) is 0 Å². The lowest BCUT2D eigenvalue weighted by Crippen LogP contribution is -2.29. The average Bonchev–Trinajstić information content (AvgIpc) is 3.36. The number of rotatable bonds is 54. The van der Waals surface area contributed by atoms with Crippen molar-refractivity contribution in [2.24, 2.45) is 5.73 Å². The maximum Gasteiger partial charge on any atom is 0.472 e. The van der Waals surface area contributed by atoms with Crippen LogP contribution in [0.3, 0.4) is 0 Å². The van der Waals surface area contributed by atoms with E-state index < -0.39 is 26.5 Å². The lowest BCUT2D eigenvalue weighted by molar-refractivity contribution is -0.161. The van der Waals surface area contributed by atoms with Crippen molar-refractivity contribution in [1.29, 1.82) is 0 Å². The number of hydrogen-bond donors (Lipinski definition) is 2. The number of carbonyl (C=O) groups excluding carboxylic acids is 2. The highest BCUT2D eigenvalue weighted by Crippen LogP contribution is 2.43. The summed E-state index contributed by atoms with van der Waals surface area (Å²) in [4.78, 5) is 35.1. The quantitative estimate of drug-likeness (QED) is 0.0264. The van der Waals surface area contributed by atoms with Crippen LogP contribution in [0.25, 0.3) is 0 Å². The molecule has 2 atom stereocenters. The standard InChI is InChI=1S/C61H108NO8P/c1-3-5-7-9-11-13-15-17-19-20-21-22-23-24-25-26-27-28-29-30-31-32-33-34-35-36-37-38-40-42-44-46-48-50-52-54-61(64)70-59(58-69-71(65,66)68-56-55-62)57-67-60(63)53-51-49-47-45-43-41-39-18-16-14-12-10-8-6-4-2/h5,7,11,13,17,19,21-22,24-25,27-28,30-31,59H,3-4,6,8-10,12,14-16,18,20,23,26,29,32-58,62H2,1-2H3,(H,65,66)/b7-5-,13-11-,19-17-,22-21-,25-24-,28-27-,31-30-. The third-order valence-corrected chi connectivity index (χ3v) is 13.3. The minimum Gasteiger partial charge on any atom is -0.462 e. The van der Waals surface area contributed by atoms with Gasteiger partial charge in [0.25, 0.3) is 0 Å². The Morgan fingerprint density at radius 3 is 1.15 bits per heavy atom. The van der Waals surface area contributed by atoms with Gasteiger partial charge in [-0.05, 0) is 70.6 Å². The summed E-state index contributed by atoms with van der Waals surface area (Å²) < 4.78 is 33.0. The van der Waals surface area contributed by atoms with E-state index >= 15 is 0 Å². The highest BCUT2D eigenvalue weighted by molar-refractivity contribution is 7.47. The Morgan fingerprint density at radius 1 is 0.437 bits per heavy atom. The Kier molecular flexibility index (Phi) is 54.2. The highest BCUT2D eigenvalue weighted by Gasteiger charge is 2.26. The Morgan fingerprint density at radius 2 is 0.775 bits per heavy atom. The van der Waals surface area contributed by atoms with Gasteiger partial charge < -0.3 is 20.1 Å². The van der Waals surface area contributed by atoms with Crippen LogP contribution >= 0.6 is 7.82 Å². The van der Waals surface area contributed by atoms with E-state index in [-0.39, 0.29) is 38.6 Å². The molecule has 0 aliphatic rings. The van der Waals surface area contributed by atoms with Crippen LogP contribution in [-0.2, 0) is 32.7 Å². The minimum atomic E-state index is -4.39. The van der Waals surface area contributed by atoms with Gasteiger partial charge in [-0.25, -0.2) is 4.57 Å². The molecule has 0 spiro atoms. The molecule has 0 aromatic carbocycles. The number of phosphoric acid groups is 1. The molecule has 410 valence electrons. The number of allylic oxidation sites excluding steroid dienone is 14. The molecule has 0 rings (SSSR count). The molecule has 0 bridgehead atoms. The maximum atomic E-state index is 12.7. The smallest absolute Gasteiger partial charge is 0.462 e. The number of ether oxygens (including phenoxy) is 2. The lowest BCUT2D eigenvalue weighted by atomic mass is 10.0. The first-order chi connectivity index (χ1) is 34.8. The summed E-state index contributed by atoms with van der Waals surface area (Å²) in [6.45, 7) is 3.65. The molecular formula is C61H108NO8P. The van der Waals surface area contributed by atoms with E-state index in [2.05, 4.69) is 98.9 Å². The van der Waals surface area contributed by atoms with Gasteiger partial charge in [0.1, 0.15) is 6.61 Å². The Labute approximate surface area is 436 Å². The number of hydrogen-bond acceptors (Lipinski definition) is 8. The van der Waals surface area contributed by atoms with Crippen molar-refractivity contribution in [3.05, 3.63) is 85.1 Å². The van der Waals surface area contributed by atoms with E-state index in [4.69, 9.17) is 24.3 Å².